The summed E-state index contributed by atoms with van der Waals surface area (Å²) in [7, 11) is 0. The third-order valence-electron chi connectivity index (χ3n) is 3.19. The maximum atomic E-state index is 13.2. The van der Waals surface area contributed by atoms with Crippen molar-refractivity contribution >= 4 is 23.3 Å². The number of aromatic hydroxyl groups is 1. The Balaban J connectivity index is 2.75. The number of carbonyl (C=O) groups excluding carboxylic acids is 2. The van der Waals surface area contributed by atoms with Crippen LogP contribution in [0.5, 0.6) is 5.75 Å². The van der Waals surface area contributed by atoms with E-state index >= 15 is 0 Å². The number of alkyl halides is 3. The molecule has 0 saturated carbocycles. The number of phenolic OH excluding ortho intramolecular Hbond substituents is 1. The van der Waals surface area contributed by atoms with Crippen molar-refractivity contribution < 1.29 is 27.9 Å². The number of ketones is 1. The molecule has 0 atom stereocenters. The molecule has 1 amide bonds. The highest BCUT2D eigenvalue weighted by Crippen LogP contribution is 2.34. The molecule has 2 rings (SSSR count). The smallest absolute Gasteiger partial charge is 0.434 e. The monoisotopic (exact) mass is 358 g/mol. The zero-order valence-electron chi connectivity index (χ0n) is 12.1. The molecule has 1 aromatic carbocycles. The fourth-order valence-electron chi connectivity index (χ4n) is 2.08. The highest BCUT2D eigenvalue weighted by molar-refractivity contribution is 6.31. The van der Waals surface area contributed by atoms with Gasteiger partial charge in [0.1, 0.15) is 5.75 Å². The van der Waals surface area contributed by atoms with Crippen molar-refractivity contribution in [3.8, 4) is 5.75 Å². The summed E-state index contributed by atoms with van der Waals surface area (Å²) >= 11 is 5.71. The van der Waals surface area contributed by atoms with E-state index in [1.807, 2.05) is 0 Å². The predicted octanol–water partition coefficient (Wildman–Crippen LogP) is 3.10. The summed E-state index contributed by atoms with van der Waals surface area (Å²) in [6.45, 7) is 1.17. The molecule has 0 bridgehead atoms. The number of benzene rings is 1. The number of hydrogen-bond acceptors (Lipinski definition) is 4. The minimum atomic E-state index is -4.94. The lowest BCUT2D eigenvalue weighted by atomic mass is 9.98. The van der Waals surface area contributed by atoms with Gasteiger partial charge in [0.2, 0.25) is 0 Å². The summed E-state index contributed by atoms with van der Waals surface area (Å²) in [5.74, 6) is -2.77. The molecular formula is C15H10ClF3N2O3. The van der Waals surface area contributed by atoms with Gasteiger partial charge in [-0.05, 0) is 31.2 Å². The van der Waals surface area contributed by atoms with Crippen molar-refractivity contribution in [3.05, 3.63) is 57.4 Å². The standard InChI is InChI=1S/C15H10ClF3N2O3/c1-6-8(14(20)24)5-10(13(21-6)15(17,18)19)12(23)9-4-7(16)2-3-11(9)22/h2-5,22H,1H3,(H2,20,24). The number of aryl methyl sites for hydroxylation is 1. The Bertz CT molecular complexity index is 851. The third kappa shape index (κ3) is 3.33. The Morgan fingerprint density at radius 1 is 1.17 bits per heavy atom. The minimum Gasteiger partial charge on any atom is -0.507 e. The van der Waals surface area contributed by atoms with Crippen LogP contribution in [0, 0.1) is 6.92 Å². The highest BCUT2D eigenvalue weighted by atomic mass is 35.5. The molecule has 1 aromatic heterocycles. The maximum Gasteiger partial charge on any atom is 0.434 e. The van der Waals surface area contributed by atoms with E-state index < -0.39 is 40.4 Å². The molecule has 0 saturated heterocycles. The Hall–Kier alpha value is -2.61. The molecule has 2 aromatic rings. The summed E-state index contributed by atoms with van der Waals surface area (Å²) in [5.41, 5.74) is 1.67. The van der Waals surface area contributed by atoms with E-state index in [0.717, 1.165) is 18.2 Å². The topological polar surface area (TPSA) is 93.3 Å². The van der Waals surface area contributed by atoms with E-state index in [1.165, 1.54) is 13.0 Å². The molecule has 0 radical (unpaired) electrons. The summed E-state index contributed by atoms with van der Waals surface area (Å²) in [6.07, 6.45) is -4.94. The number of amides is 1. The lowest BCUT2D eigenvalue weighted by Crippen LogP contribution is -2.21. The second kappa shape index (κ2) is 6.12. The number of hydrogen-bond donors (Lipinski definition) is 2. The van der Waals surface area contributed by atoms with Gasteiger partial charge in [0.15, 0.2) is 11.5 Å². The highest BCUT2D eigenvalue weighted by Gasteiger charge is 2.38. The lowest BCUT2D eigenvalue weighted by molar-refractivity contribution is -0.141. The average Bonchev–Trinajstić information content (AvgIpc) is 2.47. The van der Waals surface area contributed by atoms with E-state index in [-0.39, 0.29) is 16.3 Å². The molecule has 1 heterocycles. The number of aromatic nitrogens is 1. The van der Waals surface area contributed by atoms with Crippen LogP contribution in [0.2, 0.25) is 5.02 Å². The van der Waals surface area contributed by atoms with Gasteiger partial charge in [-0.3, -0.25) is 9.59 Å². The van der Waals surface area contributed by atoms with Gasteiger partial charge >= 0.3 is 6.18 Å². The van der Waals surface area contributed by atoms with Gasteiger partial charge in [0.05, 0.1) is 22.4 Å². The first-order chi connectivity index (χ1) is 11.0. The number of carbonyl (C=O) groups is 2. The van der Waals surface area contributed by atoms with Crippen LogP contribution in [0.4, 0.5) is 13.2 Å². The summed E-state index contributed by atoms with van der Waals surface area (Å²) in [6, 6.07) is 4.07. The largest absolute Gasteiger partial charge is 0.507 e. The van der Waals surface area contributed by atoms with Crippen molar-refractivity contribution in [3.63, 3.8) is 0 Å². The van der Waals surface area contributed by atoms with E-state index in [2.05, 4.69) is 4.98 Å². The number of nitrogens with two attached hydrogens (primary N) is 1. The molecule has 0 aliphatic rings. The Morgan fingerprint density at radius 3 is 2.33 bits per heavy atom. The number of primary amides is 1. The van der Waals surface area contributed by atoms with Crippen LogP contribution in [0.1, 0.15) is 37.7 Å². The molecule has 9 heteroatoms. The van der Waals surface area contributed by atoms with Crippen molar-refractivity contribution in [2.45, 2.75) is 13.1 Å². The Kier molecular flexibility index (Phi) is 4.52. The molecule has 0 aliphatic heterocycles. The van der Waals surface area contributed by atoms with Gasteiger partial charge in [0, 0.05) is 5.02 Å². The SMILES string of the molecule is Cc1nc(C(F)(F)F)c(C(=O)c2cc(Cl)ccc2O)cc1C(N)=O. The minimum absolute atomic E-state index is 0.0416. The van der Waals surface area contributed by atoms with E-state index in [4.69, 9.17) is 17.3 Å². The number of pyridine rings is 1. The predicted molar refractivity (Wildman–Crippen MR) is 79.0 cm³/mol. The summed E-state index contributed by atoms with van der Waals surface area (Å²) in [5, 5.41) is 9.76. The van der Waals surface area contributed by atoms with Crippen LogP contribution in [0.25, 0.3) is 0 Å². The number of halogens is 4. The van der Waals surface area contributed by atoms with Crippen LogP contribution in [-0.2, 0) is 6.18 Å². The zero-order valence-corrected chi connectivity index (χ0v) is 12.9. The molecular weight excluding hydrogens is 349 g/mol. The van der Waals surface area contributed by atoms with Gasteiger partial charge in [-0.1, -0.05) is 11.6 Å². The van der Waals surface area contributed by atoms with E-state index in [9.17, 15) is 27.9 Å². The first-order valence-electron chi connectivity index (χ1n) is 6.44. The van der Waals surface area contributed by atoms with Gasteiger partial charge in [-0.15, -0.1) is 0 Å². The molecule has 24 heavy (non-hydrogen) atoms. The molecule has 0 aliphatic carbocycles. The second-order valence-corrected chi connectivity index (χ2v) is 5.31. The van der Waals surface area contributed by atoms with E-state index in [1.54, 1.807) is 0 Å². The van der Waals surface area contributed by atoms with Gasteiger partial charge in [-0.25, -0.2) is 4.98 Å². The van der Waals surface area contributed by atoms with Crippen molar-refractivity contribution in [2.24, 2.45) is 5.73 Å². The first kappa shape index (κ1) is 17.7. The van der Waals surface area contributed by atoms with Crippen molar-refractivity contribution in [1.29, 1.82) is 0 Å². The van der Waals surface area contributed by atoms with Crippen LogP contribution in [0.15, 0.2) is 24.3 Å². The van der Waals surface area contributed by atoms with Crippen molar-refractivity contribution in [2.75, 3.05) is 0 Å². The van der Waals surface area contributed by atoms with Crippen LogP contribution in [0.3, 0.4) is 0 Å². The maximum absolute atomic E-state index is 13.2. The first-order valence-corrected chi connectivity index (χ1v) is 6.82. The fraction of sp³-hybridized carbons (Fsp3) is 0.133. The van der Waals surface area contributed by atoms with Crippen molar-refractivity contribution in [1.82, 2.24) is 4.98 Å². The van der Waals surface area contributed by atoms with Gasteiger partial charge < -0.3 is 10.8 Å². The second-order valence-electron chi connectivity index (χ2n) is 4.87. The van der Waals surface area contributed by atoms with Crippen LogP contribution in [-0.4, -0.2) is 21.8 Å². The Labute approximate surface area is 138 Å². The van der Waals surface area contributed by atoms with Gasteiger partial charge in [0.25, 0.3) is 5.91 Å². The quantitative estimate of drug-likeness (QED) is 0.824. The molecule has 0 unspecified atom stereocenters. The fourth-order valence-corrected chi connectivity index (χ4v) is 2.25. The third-order valence-corrected chi connectivity index (χ3v) is 3.43. The lowest BCUT2D eigenvalue weighted by Gasteiger charge is -2.14. The normalized spacial score (nSPS) is 11.4. The molecule has 0 fully saturated rings. The molecule has 126 valence electrons. The molecule has 3 N–H and O–H groups in total. The molecule has 5 nitrogen and oxygen atoms in total. The Morgan fingerprint density at radius 2 is 1.79 bits per heavy atom. The number of nitrogens with zero attached hydrogens (tertiary/aromatic N) is 1. The summed E-state index contributed by atoms with van der Waals surface area (Å²) < 4.78 is 39.6. The summed E-state index contributed by atoms with van der Waals surface area (Å²) in [4.78, 5) is 27.1. The molecule has 0 spiro atoms. The van der Waals surface area contributed by atoms with Crippen LogP contribution >= 0.6 is 11.6 Å². The number of rotatable bonds is 3. The average molecular weight is 359 g/mol. The zero-order chi connectivity index (χ0) is 18.2. The number of phenols is 1. The van der Waals surface area contributed by atoms with Gasteiger partial charge in [-0.2, -0.15) is 13.2 Å². The van der Waals surface area contributed by atoms with E-state index in [0.29, 0.717) is 0 Å². The van der Waals surface area contributed by atoms with Crippen LogP contribution < -0.4 is 5.73 Å².